The standard InChI is InChI=1S/C14H16N6O/c1-10-3-4-19-7-12(18-13(19)5-10)6-16-14(21)11(2)20-9-15-8-17-20/h3-5,7-9,11H,6H2,1-2H3,(H,16,21)/t11-/m0/s1. The van der Waals surface area contributed by atoms with Crippen LogP contribution in [0.5, 0.6) is 0 Å². The summed E-state index contributed by atoms with van der Waals surface area (Å²) in [5.74, 6) is -0.117. The minimum atomic E-state index is -0.397. The number of carbonyl (C=O) groups is 1. The molecule has 0 bridgehead atoms. The van der Waals surface area contributed by atoms with Crippen molar-refractivity contribution >= 4 is 11.6 Å². The highest BCUT2D eigenvalue weighted by molar-refractivity contribution is 5.79. The first-order valence-electron chi connectivity index (χ1n) is 6.69. The van der Waals surface area contributed by atoms with Gasteiger partial charge in [0.2, 0.25) is 5.91 Å². The van der Waals surface area contributed by atoms with Crippen LogP contribution in [0.4, 0.5) is 0 Å². The number of hydrogen-bond donors (Lipinski definition) is 1. The molecule has 1 amide bonds. The maximum Gasteiger partial charge on any atom is 0.244 e. The van der Waals surface area contributed by atoms with E-state index in [4.69, 9.17) is 0 Å². The van der Waals surface area contributed by atoms with E-state index in [0.29, 0.717) is 6.54 Å². The second kappa shape index (κ2) is 5.35. The molecule has 7 heteroatoms. The van der Waals surface area contributed by atoms with Crippen LogP contribution in [0.15, 0.2) is 37.2 Å². The van der Waals surface area contributed by atoms with E-state index in [1.807, 2.05) is 35.9 Å². The predicted molar refractivity (Wildman–Crippen MR) is 76.5 cm³/mol. The van der Waals surface area contributed by atoms with Crippen LogP contribution in [0.1, 0.15) is 24.2 Å². The molecule has 0 unspecified atom stereocenters. The maximum atomic E-state index is 12.0. The Hall–Kier alpha value is -2.70. The van der Waals surface area contributed by atoms with Gasteiger partial charge in [0.25, 0.3) is 0 Å². The number of nitrogens with one attached hydrogen (secondary N) is 1. The fourth-order valence-electron chi connectivity index (χ4n) is 2.08. The lowest BCUT2D eigenvalue weighted by Crippen LogP contribution is -2.30. The van der Waals surface area contributed by atoms with Crippen LogP contribution in [0.25, 0.3) is 5.65 Å². The average Bonchev–Trinajstić information content (AvgIpc) is 3.12. The second-order valence-electron chi connectivity index (χ2n) is 4.97. The van der Waals surface area contributed by atoms with E-state index in [9.17, 15) is 4.79 Å². The van der Waals surface area contributed by atoms with Crippen molar-refractivity contribution in [3.05, 3.63) is 48.4 Å². The quantitative estimate of drug-likeness (QED) is 0.778. The minimum absolute atomic E-state index is 0.117. The summed E-state index contributed by atoms with van der Waals surface area (Å²) in [6, 6.07) is 3.62. The lowest BCUT2D eigenvalue weighted by atomic mass is 10.3. The van der Waals surface area contributed by atoms with Crippen LogP contribution in [0.3, 0.4) is 0 Å². The van der Waals surface area contributed by atoms with Gasteiger partial charge in [0.15, 0.2) is 0 Å². The van der Waals surface area contributed by atoms with Gasteiger partial charge in [-0.3, -0.25) is 4.79 Å². The molecule has 21 heavy (non-hydrogen) atoms. The van der Waals surface area contributed by atoms with E-state index in [1.54, 1.807) is 6.92 Å². The Morgan fingerprint density at radius 3 is 3.10 bits per heavy atom. The van der Waals surface area contributed by atoms with Crippen molar-refractivity contribution < 1.29 is 4.79 Å². The molecule has 0 spiro atoms. The largest absolute Gasteiger partial charge is 0.349 e. The number of pyridine rings is 1. The van der Waals surface area contributed by atoms with Gasteiger partial charge >= 0.3 is 0 Å². The fraction of sp³-hybridized carbons (Fsp3) is 0.286. The highest BCUT2D eigenvalue weighted by Crippen LogP contribution is 2.08. The highest BCUT2D eigenvalue weighted by Gasteiger charge is 2.15. The summed E-state index contributed by atoms with van der Waals surface area (Å²) in [6.45, 7) is 4.19. The van der Waals surface area contributed by atoms with Gasteiger partial charge in [-0.1, -0.05) is 0 Å². The number of nitrogens with zero attached hydrogens (tertiary/aromatic N) is 5. The molecule has 0 aliphatic heterocycles. The first kappa shape index (κ1) is 13.3. The topological polar surface area (TPSA) is 77.1 Å². The minimum Gasteiger partial charge on any atom is -0.349 e. The SMILES string of the molecule is Cc1ccn2cc(CNC(=O)[C@H](C)n3cncn3)nc2c1. The van der Waals surface area contributed by atoms with Crippen molar-refractivity contribution in [1.29, 1.82) is 0 Å². The van der Waals surface area contributed by atoms with E-state index in [2.05, 4.69) is 20.4 Å². The zero-order chi connectivity index (χ0) is 14.8. The van der Waals surface area contributed by atoms with Gasteiger partial charge in [0, 0.05) is 12.4 Å². The summed E-state index contributed by atoms with van der Waals surface area (Å²) in [5, 5.41) is 6.82. The summed E-state index contributed by atoms with van der Waals surface area (Å²) in [7, 11) is 0. The van der Waals surface area contributed by atoms with Gasteiger partial charge in [0.05, 0.1) is 12.2 Å². The van der Waals surface area contributed by atoms with Crippen LogP contribution in [0.2, 0.25) is 0 Å². The van der Waals surface area contributed by atoms with Crippen molar-refractivity contribution in [2.75, 3.05) is 0 Å². The third-order valence-corrected chi connectivity index (χ3v) is 3.32. The molecule has 0 aromatic carbocycles. The lowest BCUT2D eigenvalue weighted by Gasteiger charge is -2.10. The monoisotopic (exact) mass is 284 g/mol. The first-order chi connectivity index (χ1) is 10.1. The molecule has 7 nitrogen and oxygen atoms in total. The summed E-state index contributed by atoms with van der Waals surface area (Å²) in [5.41, 5.74) is 2.85. The summed E-state index contributed by atoms with van der Waals surface area (Å²) in [6.07, 6.45) is 6.81. The van der Waals surface area contributed by atoms with Crippen LogP contribution in [0, 0.1) is 6.92 Å². The Labute approximate surface area is 121 Å². The van der Waals surface area contributed by atoms with E-state index in [0.717, 1.165) is 16.9 Å². The Morgan fingerprint density at radius 2 is 2.33 bits per heavy atom. The number of imidazole rings is 1. The van der Waals surface area contributed by atoms with Crippen LogP contribution >= 0.6 is 0 Å². The molecule has 1 atom stereocenters. The number of aromatic nitrogens is 5. The molecule has 108 valence electrons. The van der Waals surface area contributed by atoms with Gasteiger partial charge in [-0.05, 0) is 31.5 Å². The third-order valence-electron chi connectivity index (χ3n) is 3.32. The second-order valence-corrected chi connectivity index (χ2v) is 4.97. The highest BCUT2D eigenvalue weighted by atomic mass is 16.2. The van der Waals surface area contributed by atoms with Gasteiger partial charge in [0.1, 0.15) is 24.3 Å². The van der Waals surface area contributed by atoms with Crippen molar-refractivity contribution in [2.24, 2.45) is 0 Å². The lowest BCUT2D eigenvalue weighted by molar-refractivity contribution is -0.124. The van der Waals surface area contributed by atoms with Crippen LogP contribution < -0.4 is 5.32 Å². The number of hydrogen-bond acceptors (Lipinski definition) is 4. The smallest absolute Gasteiger partial charge is 0.244 e. The van der Waals surface area contributed by atoms with E-state index < -0.39 is 6.04 Å². The van der Waals surface area contributed by atoms with Crippen molar-refractivity contribution in [3.8, 4) is 0 Å². The number of rotatable bonds is 4. The summed E-state index contributed by atoms with van der Waals surface area (Å²) in [4.78, 5) is 20.4. The molecule has 1 N–H and O–H groups in total. The van der Waals surface area contributed by atoms with Gasteiger partial charge in [-0.25, -0.2) is 14.6 Å². The van der Waals surface area contributed by atoms with Gasteiger partial charge in [-0.2, -0.15) is 5.10 Å². The van der Waals surface area contributed by atoms with E-state index in [1.165, 1.54) is 17.3 Å². The summed E-state index contributed by atoms with van der Waals surface area (Å²) < 4.78 is 3.46. The van der Waals surface area contributed by atoms with E-state index in [-0.39, 0.29) is 5.91 Å². The summed E-state index contributed by atoms with van der Waals surface area (Å²) >= 11 is 0. The van der Waals surface area contributed by atoms with Crippen LogP contribution in [-0.2, 0) is 11.3 Å². The molecule has 0 aliphatic rings. The average molecular weight is 284 g/mol. The molecule has 3 aromatic heterocycles. The van der Waals surface area contributed by atoms with Crippen molar-refractivity contribution in [1.82, 2.24) is 29.5 Å². The molecule has 0 radical (unpaired) electrons. The predicted octanol–water partition coefficient (Wildman–Crippen LogP) is 1.11. The van der Waals surface area contributed by atoms with Crippen LogP contribution in [-0.4, -0.2) is 30.1 Å². The fourth-order valence-corrected chi connectivity index (χ4v) is 2.08. The molecule has 0 saturated heterocycles. The van der Waals surface area contributed by atoms with Crippen molar-refractivity contribution in [2.45, 2.75) is 26.4 Å². The Morgan fingerprint density at radius 1 is 1.48 bits per heavy atom. The number of fused-ring (bicyclic) bond motifs is 1. The Balaban J connectivity index is 1.67. The molecule has 3 aromatic rings. The third kappa shape index (κ3) is 2.76. The first-order valence-corrected chi connectivity index (χ1v) is 6.69. The zero-order valence-corrected chi connectivity index (χ0v) is 11.9. The molecular weight excluding hydrogens is 268 g/mol. The van der Waals surface area contributed by atoms with E-state index >= 15 is 0 Å². The Bertz CT molecular complexity index is 761. The maximum absolute atomic E-state index is 12.0. The molecule has 0 aliphatic carbocycles. The van der Waals surface area contributed by atoms with Gasteiger partial charge < -0.3 is 9.72 Å². The zero-order valence-electron chi connectivity index (χ0n) is 11.9. The molecule has 0 saturated carbocycles. The normalized spacial score (nSPS) is 12.5. The van der Waals surface area contributed by atoms with Gasteiger partial charge in [-0.15, -0.1) is 0 Å². The molecule has 3 heterocycles. The number of aryl methyl sites for hydroxylation is 1. The molecule has 0 fully saturated rings. The number of amides is 1. The van der Waals surface area contributed by atoms with Crippen molar-refractivity contribution in [3.63, 3.8) is 0 Å². The molecule has 3 rings (SSSR count). The molecular formula is C14H16N6O. The Kier molecular flexibility index (Phi) is 3.39. The number of carbonyl (C=O) groups excluding carboxylic acids is 1.